The number of ether oxygens (including phenoxy) is 1. The average Bonchev–Trinajstić information content (AvgIpc) is 1.84. The molecule has 0 aliphatic carbocycles. The molecular formula is C9H19NO2. The standard InChI is InChI=1S/C9H19NO2/c1-6-12-7(2)8(11)10-9(3,4)5/h7H,6H2,1-5H3,(H,10,11). The van der Waals surface area contributed by atoms with E-state index in [1.165, 1.54) is 0 Å². The summed E-state index contributed by atoms with van der Waals surface area (Å²) in [7, 11) is 0. The Morgan fingerprint density at radius 3 is 2.33 bits per heavy atom. The lowest BCUT2D eigenvalue weighted by Gasteiger charge is -2.22. The maximum atomic E-state index is 11.3. The maximum Gasteiger partial charge on any atom is 0.249 e. The van der Waals surface area contributed by atoms with Gasteiger partial charge in [-0.2, -0.15) is 0 Å². The maximum absolute atomic E-state index is 11.3. The molecule has 0 saturated heterocycles. The predicted molar refractivity (Wildman–Crippen MR) is 49.0 cm³/mol. The fourth-order valence-corrected chi connectivity index (χ4v) is 0.797. The molecular weight excluding hydrogens is 154 g/mol. The van der Waals surface area contributed by atoms with E-state index in [0.717, 1.165) is 0 Å². The van der Waals surface area contributed by atoms with Gasteiger partial charge in [-0.1, -0.05) is 0 Å². The molecule has 12 heavy (non-hydrogen) atoms. The van der Waals surface area contributed by atoms with Crippen LogP contribution in [0.5, 0.6) is 0 Å². The van der Waals surface area contributed by atoms with Crippen molar-refractivity contribution in [2.24, 2.45) is 0 Å². The molecule has 3 nitrogen and oxygen atoms in total. The van der Waals surface area contributed by atoms with Crippen LogP contribution in [-0.2, 0) is 9.53 Å². The van der Waals surface area contributed by atoms with Gasteiger partial charge in [-0.3, -0.25) is 4.79 Å². The minimum absolute atomic E-state index is 0.0515. The van der Waals surface area contributed by atoms with Crippen LogP contribution in [0.2, 0.25) is 0 Å². The van der Waals surface area contributed by atoms with E-state index in [0.29, 0.717) is 6.61 Å². The quantitative estimate of drug-likeness (QED) is 0.699. The second-order valence-electron chi connectivity index (χ2n) is 3.84. The Labute approximate surface area is 74.5 Å². The van der Waals surface area contributed by atoms with Crippen molar-refractivity contribution in [2.45, 2.75) is 46.3 Å². The van der Waals surface area contributed by atoms with Crippen LogP contribution in [0.25, 0.3) is 0 Å². The zero-order chi connectivity index (χ0) is 9.78. The van der Waals surface area contributed by atoms with Crippen molar-refractivity contribution in [3.63, 3.8) is 0 Å². The molecule has 0 aliphatic rings. The molecule has 1 unspecified atom stereocenters. The highest BCUT2D eigenvalue weighted by atomic mass is 16.5. The van der Waals surface area contributed by atoms with E-state index < -0.39 is 0 Å². The van der Waals surface area contributed by atoms with Gasteiger partial charge in [0.05, 0.1) is 0 Å². The van der Waals surface area contributed by atoms with Gasteiger partial charge >= 0.3 is 0 Å². The fourth-order valence-electron chi connectivity index (χ4n) is 0.797. The predicted octanol–water partition coefficient (Wildman–Crippen LogP) is 1.33. The van der Waals surface area contributed by atoms with Crippen molar-refractivity contribution >= 4 is 5.91 Å². The van der Waals surface area contributed by atoms with Crippen LogP contribution in [0.1, 0.15) is 34.6 Å². The third-order valence-corrected chi connectivity index (χ3v) is 1.28. The van der Waals surface area contributed by atoms with Crippen LogP contribution >= 0.6 is 0 Å². The number of hydrogen-bond donors (Lipinski definition) is 1. The van der Waals surface area contributed by atoms with E-state index in [1.54, 1.807) is 6.92 Å². The van der Waals surface area contributed by atoms with E-state index >= 15 is 0 Å². The van der Waals surface area contributed by atoms with Crippen molar-refractivity contribution in [2.75, 3.05) is 6.61 Å². The Morgan fingerprint density at radius 2 is 2.00 bits per heavy atom. The summed E-state index contributed by atoms with van der Waals surface area (Å²) in [6.07, 6.45) is -0.353. The van der Waals surface area contributed by atoms with Crippen LogP contribution < -0.4 is 5.32 Å². The van der Waals surface area contributed by atoms with Crippen LogP contribution in [0.3, 0.4) is 0 Å². The topological polar surface area (TPSA) is 38.3 Å². The second-order valence-corrected chi connectivity index (χ2v) is 3.84. The van der Waals surface area contributed by atoms with Crippen molar-refractivity contribution in [1.82, 2.24) is 5.32 Å². The first kappa shape index (κ1) is 11.4. The minimum Gasteiger partial charge on any atom is -0.369 e. The lowest BCUT2D eigenvalue weighted by atomic mass is 10.1. The van der Waals surface area contributed by atoms with E-state index in [2.05, 4.69) is 5.32 Å². The molecule has 0 aromatic rings. The molecule has 0 heterocycles. The van der Waals surface area contributed by atoms with Gasteiger partial charge in [-0.25, -0.2) is 0 Å². The van der Waals surface area contributed by atoms with Crippen molar-refractivity contribution < 1.29 is 9.53 Å². The van der Waals surface area contributed by atoms with Gasteiger partial charge in [0.2, 0.25) is 5.91 Å². The SMILES string of the molecule is CCOC(C)C(=O)NC(C)(C)C. The van der Waals surface area contributed by atoms with Gasteiger partial charge < -0.3 is 10.1 Å². The molecule has 0 radical (unpaired) electrons. The third-order valence-electron chi connectivity index (χ3n) is 1.28. The number of amides is 1. The Bertz CT molecular complexity index is 149. The van der Waals surface area contributed by atoms with Gasteiger partial charge in [-0.15, -0.1) is 0 Å². The Morgan fingerprint density at radius 1 is 1.50 bits per heavy atom. The smallest absolute Gasteiger partial charge is 0.249 e. The van der Waals surface area contributed by atoms with Gasteiger partial charge in [0.1, 0.15) is 6.10 Å². The lowest BCUT2D eigenvalue weighted by Crippen LogP contribution is -2.45. The van der Waals surface area contributed by atoms with Crippen LogP contribution in [0, 0.1) is 0 Å². The first-order valence-electron chi connectivity index (χ1n) is 4.30. The number of rotatable bonds is 3. The van der Waals surface area contributed by atoms with E-state index in [-0.39, 0.29) is 17.6 Å². The van der Waals surface area contributed by atoms with E-state index in [9.17, 15) is 4.79 Å². The number of carbonyl (C=O) groups excluding carboxylic acids is 1. The summed E-state index contributed by atoms with van der Waals surface area (Å²) in [6, 6.07) is 0. The van der Waals surface area contributed by atoms with Gasteiger partial charge in [0.15, 0.2) is 0 Å². The molecule has 0 aromatic carbocycles. The highest BCUT2D eigenvalue weighted by Gasteiger charge is 2.18. The van der Waals surface area contributed by atoms with Crippen molar-refractivity contribution in [3.8, 4) is 0 Å². The summed E-state index contributed by atoms with van der Waals surface area (Å²) in [5, 5.41) is 2.84. The highest BCUT2D eigenvalue weighted by molar-refractivity contribution is 5.80. The molecule has 0 fully saturated rings. The summed E-state index contributed by atoms with van der Waals surface area (Å²) in [6.45, 7) is 10.0. The van der Waals surface area contributed by atoms with Gasteiger partial charge in [-0.05, 0) is 34.6 Å². The molecule has 0 rings (SSSR count). The molecule has 1 N–H and O–H groups in total. The molecule has 0 aromatic heterocycles. The molecule has 0 saturated carbocycles. The van der Waals surface area contributed by atoms with Crippen LogP contribution in [0.4, 0.5) is 0 Å². The second kappa shape index (κ2) is 4.45. The number of carbonyl (C=O) groups is 1. The summed E-state index contributed by atoms with van der Waals surface area (Å²) < 4.78 is 5.14. The van der Waals surface area contributed by atoms with Crippen LogP contribution in [0.15, 0.2) is 0 Å². The zero-order valence-corrected chi connectivity index (χ0v) is 8.60. The van der Waals surface area contributed by atoms with Crippen LogP contribution in [-0.4, -0.2) is 24.2 Å². The lowest BCUT2D eigenvalue weighted by molar-refractivity contribution is -0.132. The van der Waals surface area contributed by atoms with Gasteiger partial charge in [0, 0.05) is 12.1 Å². The summed E-state index contributed by atoms with van der Waals surface area (Å²) in [5.74, 6) is -0.0515. The largest absolute Gasteiger partial charge is 0.369 e. The highest BCUT2D eigenvalue weighted by Crippen LogP contribution is 2.00. The Hall–Kier alpha value is -0.570. The van der Waals surface area contributed by atoms with E-state index in [4.69, 9.17) is 4.74 Å². The Kier molecular flexibility index (Phi) is 4.24. The molecule has 72 valence electrons. The van der Waals surface area contributed by atoms with Gasteiger partial charge in [0.25, 0.3) is 0 Å². The average molecular weight is 173 g/mol. The molecule has 1 atom stereocenters. The minimum atomic E-state index is -0.353. The van der Waals surface area contributed by atoms with Crippen molar-refractivity contribution in [3.05, 3.63) is 0 Å². The Balaban J connectivity index is 3.87. The number of nitrogens with one attached hydrogen (secondary N) is 1. The monoisotopic (exact) mass is 173 g/mol. The molecule has 3 heteroatoms. The van der Waals surface area contributed by atoms with Crippen molar-refractivity contribution in [1.29, 1.82) is 0 Å². The number of hydrogen-bond acceptors (Lipinski definition) is 2. The molecule has 0 bridgehead atoms. The zero-order valence-electron chi connectivity index (χ0n) is 8.60. The molecule has 0 spiro atoms. The summed E-state index contributed by atoms with van der Waals surface area (Å²) in [4.78, 5) is 11.3. The normalized spacial score (nSPS) is 14.1. The first-order valence-corrected chi connectivity index (χ1v) is 4.30. The summed E-state index contributed by atoms with van der Waals surface area (Å²) in [5.41, 5.74) is -0.178. The van der Waals surface area contributed by atoms with E-state index in [1.807, 2.05) is 27.7 Å². The molecule has 1 amide bonds. The first-order chi connectivity index (χ1) is 5.37. The summed E-state index contributed by atoms with van der Waals surface area (Å²) >= 11 is 0. The fraction of sp³-hybridized carbons (Fsp3) is 0.889. The third kappa shape index (κ3) is 5.13. The molecule has 0 aliphatic heterocycles.